The predicted octanol–water partition coefficient (Wildman–Crippen LogP) is 6.67. The lowest BCUT2D eigenvalue weighted by Crippen LogP contribution is -1.78. The summed E-state index contributed by atoms with van der Waals surface area (Å²) < 4.78 is 17.0. The van der Waals surface area contributed by atoms with Crippen molar-refractivity contribution in [2.24, 2.45) is 13.5 Å². The molecule has 82 valence electrons. The molecule has 0 saturated heterocycles. The van der Waals surface area contributed by atoms with Gasteiger partial charge in [-0.15, -0.1) is 0 Å². The first-order valence-corrected chi connectivity index (χ1v) is 12.2. The largest absolute Gasteiger partial charge is 0.450 e. The third-order valence-corrected chi connectivity index (χ3v) is 12.6. The van der Waals surface area contributed by atoms with Gasteiger partial charge in [-0.2, -0.15) is 13.5 Å². The molecule has 0 aliphatic carbocycles. The lowest BCUT2D eigenvalue weighted by atomic mass is 11.2. The highest BCUT2D eigenvalue weighted by molar-refractivity contribution is 8.20. The molecule has 1 aliphatic heterocycles. The second-order valence-corrected chi connectivity index (χ2v) is 14.8. The molecule has 1 rings (SSSR count). The van der Waals surface area contributed by atoms with Crippen LogP contribution in [0.25, 0.3) is 0 Å². The van der Waals surface area contributed by atoms with Gasteiger partial charge in [0.05, 0.1) is 6.26 Å². The average molecular weight is 335 g/mol. The van der Waals surface area contributed by atoms with Crippen LogP contribution in [0.1, 0.15) is 0 Å². The fraction of sp³-hybridized carbons (Fsp3) is 0.333. The second kappa shape index (κ2) is 4.34. The number of nitrogens with zero attached hydrogens (tertiary/aromatic N) is 3. The van der Waals surface area contributed by atoms with Gasteiger partial charge in [0.1, 0.15) is 0 Å². The van der Waals surface area contributed by atoms with Gasteiger partial charge in [0.15, 0.2) is 0 Å². The molecule has 1 unspecified atom stereocenters. The molecule has 0 saturated carbocycles. The van der Waals surface area contributed by atoms with E-state index >= 15 is 0 Å². The molecule has 0 aromatic carbocycles. The summed E-state index contributed by atoms with van der Waals surface area (Å²) in [6.45, 7) is 5.04. The molecule has 0 aromatic rings. The summed E-state index contributed by atoms with van der Waals surface area (Å²) in [6.07, 6.45) is 1.22. The van der Waals surface area contributed by atoms with Gasteiger partial charge in [0.2, 0.25) is 0 Å². The normalized spacial score (nSPS) is 33.2. The van der Waals surface area contributed by atoms with Crippen LogP contribution in [-0.4, -0.2) is 6.66 Å². The fourth-order valence-electron chi connectivity index (χ4n) is 0.766. The highest BCUT2D eigenvalue weighted by Crippen LogP contribution is 2.84. The maximum atomic E-state index is 5.83. The van der Waals surface area contributed by atoms with Gasteiger partial charge in [-0.05, 0) is 45.0 Å². The van der Waals surface area contributed by atoms with E-state index in [4.69, 9.17) is 49.5 Å². The van der Waals surface area contributed by atoms with Crippen molar-refractivity contribution in [3.8, 4) is 0 Å². The van der Waals surface area contributed by atoms with Crippen molar-refractivity contribution < 1.29 is 4.52 Å². The molecular weight excluding hydrogens is 329 g/mol. The maximum Gasteiger partial charge on any atom is 0.258 e. The molecular formula is C3H6Cl4N3OP3. The van der Waals surface area contributed by atoms with Crippen molar-refractivity contribution in [1.82, 2.24) is 0 Å². The van der Waals surface area contributed by atoms with E-state index in [0.717, 1.165) is 0 Å². The lowest BCUT2D eigenvalue weighted by Gasteiger charge is -2.21. The molecule has 0 N–H and O–H groups in total. The summed E-state index contributed by atoms with van der Waals surface area (Å²) in [6, 6.07) is 0. The minimum Gasteiger partial charge on any atom is -0.450 e. The van der Waals surface area contributed by atoms with Crippen molar-refractivity contribution in [3.05, 3.63) is 12.8 Å². The molecule has 11 heteroatoms. The van der Waals surface area contributed by atoms with Crippen molar-refractivity contribution in [2.45, 2.75) is 0 Å². The standard InChI is InChI=1S/C3H6Cl4N3OP3/c1-3-11-12(2)8-13(4,5)10-14(6,7)9-12/h3H,1H2,2H3. The Labute approximate surface area is 101 Å². The van der Waals surface area contributed by atoms with Gasteiger partial charge in [-0.25, -0.2) is 0 Å². The maximum absolute atomic E-state index is 5.83. The summed E-state index contributed by atoms with van der Waals surface area (Å²) in [5, 5.41) is 0. The SMILES string of the molecule is C=COP1(C)=NP(Cl)(Cl)=NP(Cl)(Cl)=N1. The summed E-state index contributed by atoms with van der Waals surface area (Å²) in [5.41, 5.74) is 0. The van der Waals surface area contributed by atoms with Crippen molar-refractivity contribution in [3.63, 3.8) is 0 Å². The molecule has 1 heterocycles. The number of halogens is 4. The van der Waals surface area contributed by atoms with Crippen LogP contribution in [0.3, 0.4) is 0 Å². The minimum absolute atomic E-state index is 1.22. The van der Waals surface area contributed by atoms with E-state index < -0.39 is 19.3 Å². The van der Waals surface area contributed by atoms with Crippen LogP contribution < -0.4 is 0 Å². The Balaban J connectivity index is 3.40. The Kier molecular flexibility index (Phi) is 4.17. The molecule has 0 fully saturated rings. The molecule has 4 nitrogen and oxygen atoms in total. The highest BCUT2D eigenvalue weighted by atomic mass is 35.9. The van der Waals surface area contributed by atoms with Crippen LogP contribution >= 0.6 is 64.2 Å². The smallest absolute Gasteiger partial charge is 0.258 e. The summed E-state index contributed by atoms with van der Waals surface area (Å²) in [5.74, 6) is -5.69. The zero-order valence-electron chi connectivity index (χ0n) is 6.89. The Morgan fingerprint density at radius 1 is 1.07 bits per heavy atom. The fourth-order valence-corrected chi connectivity index (χ4v) is 16.3. The zero-order chi connectivity index (χ0) is 11.0. The van der Waals surface area contributed by atoms with E-state index in [9.17, 15) is 0 Å². The van der Waals surface area contributed by atoms with Crippen molar-refractivity contribution >= 4 is 64.2 Å². The van der Waals surface area contributed by atoms with Gasteiger partial charge in [0.25, 0.3) is 19.3 Å². The van der Waals surface area contributed by atoms with E-state index in [1.807, 2.05) is 0 Å². The second-order valence-electron chi connectivity index (χ2n) is 2.29. The molecule has 14 heavy (non-hydrogen) atoms. The summed E-state index contributed by atoms with van der Waals surface area (Å²) in [7, 11) is -2.50. The van der Waals surface area contributed by atoms with Crippen LogP contribution in [0.4, 0.5) is 0 Å². The lowest BCUT2D eigenvalue weighted by molar-refractivity contribution is 0.533. The molecule has 0 aromatic heterocycles. The number of rotatable bonds is 2. The first kappa shape index (κ1) is 13.5. The minimum atomic E-state index is -2.85. The summed E-state index contributed by atoms with van der Waals surface area (Å²) >= 11 is 23.3. The number of hydrogen-bond acceptors (Lipinski definition) is 4. The molecule has 0 radical (unpaired) electrons. The molecule has 1 atom stereocenters. The van der Waals surface area contributed by atoms with Gasteiger partial charge in [-0.1, -0.05) is 6.58 Å². The first-order valence-electron chi connectivity index (χ1n) is 3.15. The molecule has 0 bridgehead atoms. The van der Waals surface area contributed by atoms with Gasteiger partial charge in [0, 0.05) is 6.66 Å². The topological polar surface area (TPSA) is 46.3 Å². The third kappa shape index (κ3) is 3.76. The van der Waals surface area contributed by atoms with Gasteiger partial charge >= 0.3 is 0 Å². The van der Waals surface area contributed by atoms with E-state index in [1.54, 1.807) is 6.66 Å². The zero-order valence-corrected chi connectivity index (χ0v) is 12.6. The third-order valence-electron chi connectivity index (χ3n) is 1.04. The Bertz CT molecular complexity index is 411. The van der Waals surface area contributed by atoms with Crippen LogP contribution in [0.5, 0.6) is 0 Å². The Morgan fingerprint density at radius 2 is 1.57 bits per heavy atom. The van der Waals surface area contributed by atoms with Crippen molar-refractivity contribution in [2.75, 3.05) is 6.66 Å². The van der Waals surface area contributed by atoms with E-state index in [1.165, 1.54) is 6.26 Å². The average Bonchev–Trinajstić information content (AvgIpc) is 1.75. The van der Waals surface area contributed by atoms with Crippen LogP contribution in [0.2, 0.25) is 0 Å². The molecule has 0 amide bonds. The number of hydrogen-bond donors (Lipinski definition) is 0. The summed E-state index contributed by atoms with van der Waals surface area (Å²) in [4.78, 5) is 0. The van der Waals surface area contributed by atoms with Crippen LogP contribution in [-0.2, 0) is 4.52 Å². The van der Waals surface area contributed by atoms with E-state index in [-0.39, 0.29) is 0 Å². The predicted molar refractivity (Wildman–Crippen MR) is 68.7 cm³/mol. The Hall–Kier alpha value is 1.39. The van der Waals surface area contributed by atoms with Crippen LogP contribution in [0.15, 0.2) is 26.4 Å². The van der Waals surface area contributed by atoms with Gasteiger partial charge in [-0.3, -0.25) is 0 Å². The monoisotopic (exact) mass is 333 g/mol. The van der Waals surface area contributed by atoms with E-state index in [0.29, 0.717) is 0 Å². The first-order chi connectivity index (χ1) is 6.18. The van der Waals surface area contributed by atoms with Gasteiger partial charge < -0.3 is 4.52 Å². The highest BCUT2D eigenvalue weighted by Gasteiger charge is 2.31. The molecule has 1 aliphatic rings. The molecule has 0 spiro atoms. The van der Waals surface area contributed by atoms with Crippen molar-refractivity contribution in [1.29, 1.82) is 0 Å². The van der Waals surface area contributed by atoms with E-state index in [2.05, 4.69) is 20.1 Å². The Morgan fingerprint density at radius 3 is 2.00 bits per heavy atom. The quantitative estimate of drug-likeness (QED) is 0.411. The van der Waals surface area contributed by atoms with Crippen LogP contribution in [0, 0.1) is 0 Å².